The lowest BCUT2D eigenvalue weighted by molar-refractivity contribution is -0.0772. The van der Waals surface area contributed by atoms with Gasteiger partial charge in [-0.15, -0.1) is 0 Å². The monoisotopic (exact) mass is 283 g/mol. The fourth-order valence-corrected chi connectivity index (χ4v) is 4.19. The Kier molecular flexibility index (Phi) is 3.93. The number of rotatable bonds is 5. The van der Waals surface area contributed by atoms with E-state index < -0.39 is 0 Å². The molecular formula is C19H25NO. The summed E-state index contributed by atoms with van der Waals surface area (Å²) < 4.78 is 6.37. The van der Waals surface area contributed by atoms with Crippen LogP contribution in [-0.4, -0.2) is 5.60 Å². The number of ether oxygens (including phenoxy) is 1. The van der Waals surface area contributed by atoms with Gasteiger partial charge in [0, 0.05) is 0 Å². The third kappa shape index (κ3) is 2.93. The third-order valence-corrected chi connectivity index (χ3v) is 5.69. The average Bonchev–Trinajstić information content (AvgIpc) is 2.55. The molecule has 3 fully saturated rings. The predicted octanol–water partition coefficient (Wildman–Crippen LogP) is 5.22. The minimum atomic E-state index is 0.0437. The van der Waals surface area contributed by atoms with Gasteiger partial charge in [-0.25, -0.2) is 0 Å². The quantitative estimate of drug-likeness (QED) is 0.742. The van der Waals surface area contributed by atoms with Crippen molar-refractivity contribution in [1.29, 1.82) is 5.26 Å². The normalized spacial score (nSPS) is 30.9. The van der Waals surface area contributed by atoms with E-state index >= 15 is 0 Å². The van der Waals surface area contributed by atoms with E-state index in [1.54, 1.807) is 0 Å². The number of nitrogens with zero attached hydrogens (tertiary/aromatic N) is 1. The molecule has 0 aromatic heterocycles. The lowest BCUT2D eigenvalue weighted by Gasteiger charge is -2.53. The Morgan fingerprint density at radius 3 is 2.48 bits per heavy atom. The first-order valence-corrected chi connectivity index (χ1v) is 8.39. The summed E-state index contributed by atoms with van der Waals surface area (Å²) in [5.41, 5.74) is 1.35. The molecule has 3 aliphatic carbocycles. The molecule has 0 heterocycles. The smallest absolute Gasteiger partial charge is 0.121 e. The molecule has 2 bridgehead atoms. The van der Waals surface area contributed by atoms with Gasteiger partial charge in [0.25, 0.3) is 0 Å². The van der Waals surface area contributed by atoms with Crippen molar-refractivity contribution in [3.05, 3.63) is 29.8 Å². The van der Waals surface area contributed by atoms with Crippen LogP contribution >= 0.6 is 0 Å². The SMILES string of the molecule is CCCCC12CCC(Oc3cccc(C#N)c3)(CC1)CC2. The zero-order valence-corrected chi connectivity index (χ0v) is 13.0. The van der Waals surface area contributed by atoms with E-state index in [9.17, 15) is 0 Å². The maximum absolute atomic E-state index is 9.01. The van der Waals surface area contributed by atoms with Gasteiger partial charge in [0.05, 0.1) is 11.6 Å². The van der Waals surface area contributed by atoms with E-state index in [1.807, 2.05) is 24.3 Å². The van der Waals surface area contributed by atoms with Crippen LogP contribution in [-0.2, 0) is 0 Å². The van der Waals surface area contributed by atoms with Crippen LogP contribution in [0.3, 0.4) is 0 Å². The molecule has 0 aliphatic heterocycles. The molecule has 0 N–H and O–H groups in total. The number of nitriles is 1. The molecule has 1 aromatic rings. The van der Waals surface area contributed by atoms with Gasteiger partial charge < -0.3 is 4.74 Å². The number of fused-ring (bicyclic) bond motifs is 3. The summed E-state index contributed by atoms with van der Waals surface area (Å²) in [6.45, 7) is 2.29. The Morgan fingerprint density at radius 2 is 1.86 bits per heavy atom. The summed E-state index contributed by atoms with van der Waals surface area (Å²) in [6, 6.07) is 9.81. The molecule has 0 atom stereocenters. The Balaban J connectivity index is 1.67. The van der Waals surface area contributed by atoms with Crippen LogP contribution in [0.2, 0.25) is 0 Å². The van der Waals surface area contributed by atoms with Crippen LogP contribution in [0, 0.1) is 16.7 Å². The molecule has 3 saturated carbocycles. The van der Waals surface area contributed by atoms with E-state index in [0.29, 0.717) is 11.0 Å². The van der Waals surface area contributed by atoms with Crippen molar-refractivity contribution in [3.8, 4) is 11.8 Å². The summed E-state index contributed by atoms with van der Waals surface area (Å²) >= 11 is 0. The first-order valence-electron chi connectivity index (χ1n) is 8.39. The van der Waals surface area contributed by atoms with Gasteiger partial charge in [0.1, 0.15) is 11.4 Å². The van der Waals surface area contributed by atoms with Crippen LogP contribution in [0.5, 0.6) is 5.75 Å². The molecule has 0 amide bonds. The average molecular weight is 283 g/mol. The van der Waals surface area contributed by atoms with Crippen molar-refractivity contribution < 1.29 is 4.74 Å². The van der Waals surface area contributed by atoms with Gasteiger partial charge in [-0.3, -0.25) is 0 Å². The summed E-state index contributed by atoms with van der Waals surface area (Å²) in [7, 11) is 0. The van der Waals surface area contributed by atoms with Crippen LogP contribution in [0.4, 0.5) is 0 Å². The second kappa shape index (κ2) is 5.72. The van der Waals surface area contributed by atoms with Crippen molar-refractivity contribution >= 4 is 0 Å². The van der Waals surface area contributed by atoms with Gasteiger partial charge in [-0.2, -0.15) is 5.26 Å². The highest BCUT2D eigenvalue weighted by Crippen LogP contribution is 2.56. The fourth-order valence-electron chi connectivity index (χ4n) is 4.19. The highest BCUT2D eigenvalue weighted by Gasteiger charge is 2.49. The van der Waals surface area contributed by atoms with E-state index in [0.717, 1.165) is 5.75 Å². The van der Waals surface area contributed by atoms with E-state index in [-0.39, 0.29) is 5.60 Å². The van der Waals surface area contributed by atoms with Gasteiger partial charge in [-0.05, 0) is 68.6 Å². The summed E-state index contributed by atoms with van der Waals surface area (Å²) in [4.78, 5) is 0. The zero-order valence-electron chi connectivity index (χ0n) is 13.0. The molecule has 0 spiro atoms. The van der Waals surface area contributed by atoms with Gasteiger partial charge in [0.15, 0.2) is 0 Å². The van der Waals surface area contributed by atoms with E-state index in [4.69, 9.17) is 10.00 Å². The van der Waals surface area contributed by atoms with Gasteiger partial charge in [-0.1, -0.05) is 25.8 Å². The van der Waals surface area contributed by atoms with Crippen molar-refractivity contribution in [3.63, 3.8) is 0 Å². The highest BCUT2D eigenvalue weighted by molar-refractivity contribution is 5.36. The molecule has 112 valence electrons. The summed E-state index contributed by atoms with van der Waals surface area (Å²) in [6.07, 6.45) is 11.6. The zero-order chi connectivity index (χ0) is 14.8. The second-order valence-electron chi connectivity index (χ2n) is 7.03. The Morgan fingerprint density at radius 1 is 1.14 bits per heavy atom. The maximum atomic E-state index is 9.01. The third-order valence-electron chi connectivity index (χ3n) is 5.69. The van der Waals surface area contributed by atoms with Gasteiger partial charge in [0.2, 0.25) is 0 Å². The van der Waals surface area contributed by atoms with Crippen molar-refractivity contribution in [2.75, 3.05) is 0 Å². The molecule has 21 heavy (non-hydrogen) atoms. The summed E-state index contributed by atoms with van der Waals surface area (Å²) in [5.74, 6) is 0.872. The number of hydrogen-bond donors (Lipinski definition) is 0. The van der Waals surface area contributed by atoms with Crippen molar-refractivity contribution in [2.24, 2.45) is 5.41 Å². The molecule has 3 aliphatic rings. The molecule has 0 unspecified atom stereocenters. The van der Waals surface area contributed by atoms with Crippen LogP contribution < -0.4 is 4.74 Å². The van der Waals surface area contributed by atoms with Crippen molar-refractivity contribution in [1.82, 2.24) is 0 Å². The molecule has 2 heteroatoms. The highest BCUT2D eigenvalue weighted by atomic mass is 16.5. The topological polar surface area (TPSA) is 33.0 Å². The minimum absolute atomic E-state index is 0.0437. The maximum Gasteiger partial charge on any atom is 0.121 e. The molecule has 0 radical (unpaired) electrons. The van der Waals surface area contributed by atoms with Gasteiger partial charge >= 0.3 is 0 Å². The second-order valence-corrected chi connectivity index (χ2v) is 7.03. The number of benzene rings is 1. The largest absolute Gasteiger partial charge is 0.487 e. The predicted molar refractivity (Wildman–Crippen MR) is 84.2 cm³/mol. The molecular weight excluding hydrogens is 258 g/mol. The standard InChI is InChI=1S/C19H25NO/c1-2-3-7-18-8-11-19(12-9-18,13-10-18)21-17-6-4-5-16(14-17)15-20/h4-6,14H,2-3,7-13H2,1H3. The first-order chi connectivity index (χ1) is 10.2. The van der Waals surface area contributed by atoms with Crippen LogP contribution in [0.25, 0.3) is 0 Å². The van der Waals surface area contributed by atoms with E-state index in [1.165, 1.54) is 57.8 Å². The number of unbranched alkanes of at least 4 members (excludes halogenated alkanes) is 1. The van der Waals surface area contributed by atoms with Crippen LogP contribution in [0.15, 0.2) is 24.3 Å². The number of hydrogen-bond acceptors (Lipinski definition) is 2. The summed E-state index contributed by atoms with van der Waals surface area (Å²) in [5, 5.41) is 9.01. The Labute approximate surface area is 128 Å². The molecule has 1 aromatic carbocycles. The Bertz CT molecular complexity index is 518. The Hall–Kier alpha value is -1.49. The lowest BCUT2D eigenvalue weighted by atomic mass is 9.57. The fraction of sp³-hybridized carbons (Fsp3) is 0.632. The first kappa shape index (κ1) is 14.4. The van der Waals surface area contributed by atoms with Crippen molar-refractivity contribution in [2.45, 2.75) is 70.3 Å². The molecule has 4 rings (SSSR count). The minimum Gasteiger partial charge on any atom is -0.487 e. The molecule has 2 nitrogen and oxygen atoms in total. The lowest BCUT2D eigenvalue weighted by Crippen LogP contribution is -2.49. The van der Waals surface area contributed by atoms with Crippen LogP contribution in [0.1, 0.15) is 70.3 Å². The van der Waals surface area contributed by atoms with E-state index in [2.05, 4.69) is 13.0 Å². The molecule has 0 saturated heterocycles.